The Morgan fingerprint density at radius 1 is 1.32 bits per heavy atom. The van der Waals surface area contributed by atoms with Crippen LogP contribution < -0.4 is 15.8 Å². The zero-order valence-electron chi connectivity index (χ0n) is 16.1. The molecule has 1 aliphatic heterocycles. The Labute approximate surface area is 180 Å². The highest BCUT2D eigenvalue weighted by Gasteiger charge is 2.23. The fourth-order valence-corrected chi connectivity index (χ4v) is 5.60. The van der Waals surface area contributed by atoms with E-state index in [0.29, 0.717) is 6.54 Å². The summed E-state index contributed by atoms with van der Waals surface area (Å²) in [6.07, 6.45) is 2.33. The molecule has 0 spiro atoms. The van der Waals surface area contributed by atoms with Crippen molar-refractivity contribution in [1.82, 2.24) is 14.9 Å². The number of hydrogen-bond acceptors (Lipinski definition) is 7. The quantitative estimate of drug-likeness (QED) is 0.474. The number of thiazole rings is 1. The van der Waals surface area contributed by atoms with Gasteiger partial charge in [-0.05, 0) is 35.7 Å². The van der Waals surface area contributed by atoms with Crippen LogP contribution in [-0.4, -0.2) is 24.5 Å². The average molecular weight is 461 g/mol. The summed E-state index contributed by atoms with van der Waals surface area (Å²) in [4.78, 5) is 16.0. The van der Waals surface area contributed by atoms with Crippen LogP contribution in [0, 0.1) is 5.82 Å². The van der Waals surface area contributed by atoms with Gasteiger partial charge in [-0.1, -0.05) is 18.2 Å². The summed E-state index contributed by atoms with van der Waals surface area (Å²) in [5.41, 5.74) is 2.96. The summed E-state index contributed by atoms with van der Waals surface area (Å²) in [6.45, 7) is 1.67. The molecule has 0 saturated carbocycles. The van der Waals surface area contributed by atoms with Crippen molar-refractivity contribution in [2.24, 2.45) is 0 Å². The minimum absolute atomic E-state index is 0.0698. The van der Waals surface area contributed by atoms with Crippen LogP contribution in [0.3, 0.4) is 0 Å². The van der Waals surface area contributed by atoms with Gasteiger partial charge >= 0.3 is 5.76 Å². The number of fused-ring (bicyclic) bond motifs is 2. The molecule has 1 aliphatic rings. The van der Waals surface area contributed by atoms with Crippen molar-refractivity contribution in [2.75, 3.05) is 11.3 Å². The molecule has 31 heavy (non-hydrogen) atoms. The highest BCUT2D eigenvalue weighted by atomic mass is 32.2. The molecule has 2 aromatic carbocycles. The predicted molar refractivity (Wildman–Crippen MR) is 114 cm³/mol. The fourth-order valence-electron chi connectivity index (χ4n) is 3.78. The first-order valence-electron chi connectivity index (χ1n) is 9.48. The Bertz CT molecular complexity index is 1440. The average Bonchev–Trinajstić information content (AvgIpc) is 3.35. The predicted octanol–water partition coefficient (Wildman–Crippen LogP) is 2.68. The van der Waals surface area contributed by atoms with Crippen LogP contribution >= 0.6 is 11.3 Å². The van der Waals surface area contributed by atoms with E-state index in [1.54, 1.807) is 5.38 Å². The Kier molecular flexibility index (Phi) is 4.88. The highest BCUT2D eigenvalue weighted by Crippen LogP contribution is 2.26. The first-order valence-corrected chi connectivity index (χ1v) is 11.8. The molecule has 4 aromatic rings. The molecule has 0 amide bonds. The third-order valence-electron chi connectivity index (χ3n) is 5.23. The normalized spacial score (nSPS) is 14.0. The molecule has 0 aliphatic carbocycles. The number of sulfonamides is 1. The second kappa shape index (κ2) is 7.59. The lowest BCUT2D eigenvalue weighted by Crippen LogP contribution is -2.26. The summed E-state index contributed by atoms with van der Waals surface area (Å²) < 4.78 is 48.9. The summed E-state index contributed by atoms with van der Waals surface area (Å²) >= 11 is 1.09. The van der Waals surface area contributed by atoms with Crippen LogP contribution in [0.2, 0.25) is 0 Å². The molecule has 8 nitrogen and oxygen atoms in total. The molecule has 0 atom stereocenters. The molecular weight excluding hydrogens is 443 g/mol. The van der Waals surface area contributed by atoms with Gasteiger partial charge in [0.2, 0.25) is 0 Å². The van der Waals surface area contributed by atoms with Gasteiger partial charge < -0.3 is 9.73 Å². The maximum atomic E-state index is 15.0. The van der Waals surface area contributed by atoms with Gasteiger partial charge in [-0.2, -0.15) is 0 Å². The SMILES string of the molecule is O=c1oc2cc(S(=O)(=O)Nc3nccs3)cc(F)c2n1Cc1cccc2c1CNCC2. The standard InChI is InChI=1S/C20H17FN4O4S2/c21-16-8-14(31(27,28)24-19-23-6-7-30-19)9-17-18(16)25(20(26)29-17)11-13-3-1-2-12-4-5-22-10-15(12)13/h1-3,6-9,22H,4-5,10-11H2,(H,23,24). The molecule has 0 radical (unpaired) electrons. The molecule has 11 heteroatoms. The van der Waals surface area contributed by atoms with Crippen LogP contribution in [0.5, 0.6) is 0 Å². The number of nitrogens with one attached hydrogen (secondary N) is 2. The molecule has 3 heterocycles. The van der Waals surface area contributed by atoms with Crippen molar-refractivity contribution in [3.05, 3.63) is 75.0 Å². The maximum absolute atomic E-state index is 15.0. The number of rotatable bonds is 5. The van der Waals surface area contributed by atoms with Crippen molar-refractivity contribution < 1.29 is 17.2 Å². The topological polar surface area (TPSA) is 106 Å². The molecular formula is C20H17FN4O4S2. The van der Waals surface area contributed by atoms with Gasteiger partial charge in [-0.3, -0.25) is 9.29 Å². The number of nitrogens with zero attached hydrogens (tertiary/aromatic N) is 2. The van der Waals surface area contributed by atoms with Gasteiger partial charge in [0.15, 0.2) is 16.5 Å². The first kappa shape index (κ1) is 19.9. The monoisotopic (exact) mass is 460 g/mol. The number of hydrogen-bond donors (Lipinski definition) is 2. The Morgan fingerprint density at radius 3 is 3.00 bits per heavy atom. The van der Waals surface area contributed by atoms with Gasteiger partial charge in [0.05, 0.1) is 11.4 Å². The molecule has 0 fully saturated rings. The zero-order valence-corrected chi connectivity index (χ0v) is 17.7. The first-order chi connectivity index (χ1) is 14.9. The third-order valence-corrected chi connectivity index (χ3v) is 7.36. The van der Waals surface area contributed by atoms with E-state index in [2.05, 4.69) is 15.0 Å². The molecule has 0 bridgehead atoms. The zero-order chi connectivity index (χ0) is 21.6. The number of benzene rings is 2. The molecule has 0 unspecified atom stereocenters. The van der Waals surface area contributed by atoms with Crippen molar-refractivity contribution in [1.29, 1.82) is 0 Å². The lowest BCUT2D eigenvalue weighted by Gasteiger charge is -2.20. The van der Waals surface area contributed by atoms with Crippen molar-refractivity contribution >= 4 is 37.6 Å². The van der Waals surface area contributed by atoms with E-state index in [-0.39, 0.29) is 27.7 Å². The van der Waals surface area contributed by atoms with Gasteiger partial charge in [-0.25, -0.2) is 22.6 Å². The van der Waals surface area contributed by atoms with Crippen LogP contribution in [0.4, 0.5) is 9.52 Å². The van der Waals surface area contributed by atoms with Crippen LogP contribution in [0.1, 0.15) is 16.7 Å². The molecule has 160 valence electrons. The van der Waals surface area contributed by atoms with E-state index >= 15 is 4.39 Å². The van der Waals surface area contributed by atoms with E-state index in [1.165, 1.54) is 16.3 Å². The Balaban J connectivity index is 1.56. The van der Waals surface area contributed by atoms with E-state index in [4.69, 9.17) is 4.42 Å². The summed E-state index contributed by atoms with van der Waals surface area (Å²) in [6, 6.07) is 7.88. The van der Waals surface area contributed by atoms with E-state index in [9.17, 15) is 13.2 Å². The number of halogens is 1. The van der Waals surface area contributed by atoms with Crippen molar-refractivity contribution in [3.8, 4) is 0 Å². The van der Waals surface area contributed by atoms with E-state index < -0.39 is 21.6 Å². The van der Waals surface area contributed by atoms with Gasteiger partial charge in [-0.15, -0.1) is 11.3 Å². The molecule has 5 rings (SSSR count). The lowest BCUT2D eigenvalue weighted by atomic mass is 9.96. The third kappa shape index (κ3) is 3.64. The number of oxazole rings is 1. The Hall–Kier alpha value is -3.02. The maximum Gasteiger partial charge on any atom is 0.420 e. The number of anilines is 1. The van der Waals surface area contributed by atoms with Crippen LogP contribution in [0.15, 0.2) is 56.0 Å². The second-order valence-electron chi connectivity index (χ2n) is 7.13. The minimum Gasteiger partial charge on any atom is -0.408 e. The smallest absolute Gasteiger partial charge is 0.408 e. The lowest BCUT2D eigenvalue weighted by molar-refractivity contribution is 0.515. The summed E-state index contributed by atoms with van der Waals surface area (Å²) in [5.74, 6) is -1.61. The van der Waals surface area contributed by atoms with Gasteiger partial charge in [0.1, 0.15) is 5.52 Å². The molecule has 2 aromatic heterocycles. The van der Waals surface area contributed by atoms with Crippen LogP contribution in [-0.2, 0) is 29.5 Å². The second-order valence-corrected chi connectivity index (χ2v) is 9.71. The highest BCUT2D eigenvalue weighted by molar-refractivity contribution is 7.93. The van der Waals surface area contributed by atoms with Gasteiger partial charge in [0, 0.05) is 24.2 Å². The Morgan fingerprint density at radius 2 is 2.19 bits per heavy atom. The van der Waals surface area contributed by atoms with Crippen molar-refractivity contribution in [3.63, 3.8) is 0 Å². The van der Waals surface area contributed by atoms with Gasteiger partial charge in [0.25, 0.3) is 10.0 Å². The molecule has 2 N–H and O–H groups in total. The summed E-state index contributed by atoms with van der Waals surface area (Å²) in [5, 5.41) is 5.07. The van der Waals surface area contributed by atoms with Crippen molar-refractivity contribution in [2.45, 2.75) is 24.4 Å². The molecule has 0 saturated heterocycles. The fraction of sp³-hybridized carbons (Fsp3) is 0.200. The van der Waals surface area contributed by atoms with Crippen LogP contribution in [0.25, 0.3) is 11.1 Å². The van der Waals surface area contributed by atoms with E-state index in [1.807, 2.05) is 18.2 Å². The number of aromatic nitrogens is 2. The van der Waals surface area contributed by atoms with E-state index in [0.717, 1.165) is 47.6 Å². The largest absolute Gasteiger partial charge is 0.420 e. The minimum atomic E-state index is -4.09. The summed E-state index contributed by atoms with van der Waals surface area (Å²) in [7, 11) is -4.09.